The Kier molecular flexibility index (Phi) is 6.88. The van der Waals surface area contributed by atoms with Gasteiger partial charge in [-0.25, -0.2) is 12.8 Å². The van der Waals surface area contributed by atoms with E-state index in [2.05, 4.69) is 5.32 Å². The monoisotopic (exact) mass is 482 g/mol. The van der Waals surface area contributed by atoms with Gasteiger partial charge in [0.15, 0.2) is 11.5 Å². The first-order valence-electron chi connectivity index (χ1n) is 10.5. The van der Waals surface area contributed by atoms with Crippen LogP contribution < -0.4 is 14.8 Å². The van der Waals surface area contributed by atoms with E-state index >= 15 is 0 Å². The standard InChI is InChI=1S/C22H24ClFN2O5S/c23-17-11-15(12-19-21(17)31-10-4-9-30-19)14-25-22(27)16-5-6-18(24)20(13-16)32(28,29)26-7-2-1-3-8-26/h5-6,11-13H,1-4,7-10,14H2,(H,25,27). The van der Waals surface area contributed by atoms with Crippen molar-refractivity contribution in [3.8, 4) is 11.5 Å². The maximum atomic E-state index is 14.4. The molecule has 0 bridgehead atoms. The SMILES string of the molecule is O=C(NCc1cc(Cl)c2c(c1)OCCCO2)c1ccc(F)c(S(=O)(=O)N2CCCCC2)c1. The molecule has 1 fully saturated rings. The zero-order valence-electron chi connectivity index (χ0n) is 17.4. The highest BCUT2D eigenvalue weighted by Gasteiger charge is 2.29. The summed E-state index contributed by atoms with van der Waals surface area (Å²) in [6.07, 6.45) is 3.16. The highest BCUT2D eigenvalue weighted by Crippen LogP contribution is 2.38. The summed E-state index contributed by atoms with van der Waals surface area (Å²) in [4.78, 5) is 12.2. The first-order chi connectivity index (χ1) is 15.4. The molecule has 2 aromatic carbocycles. The number of carbonyl (C=O) groups excluding carboxylic acids is 1. The van der Waals surface area contributed by atoms with Crippen molar-refractivity contribution < 1.29 is 27.1 Å². The molecule has 1 amide bonds. The van der Waals surface area contributed by atoms with Crippen molar-refractivity contribution in [2.75, 3.05) is 26.3 Å². The van der Waals surface area contributed by atoms with Gasteiger partial charge in [0.1, 0.15) is 10.7 Å². The van der Waals surface area contributed by atoms with Crippen LogP contribution in [0.4, 0.5) is 4.39 Å². The summed E-state index contributed by atoms with van der Waals surface area (Å²) in [5.74, 6) is -0.411. The highest BCUT2D eigenvalue weighted by atomic mass is 35.5. The Morgan fingerprint density at radius 1 is 1.06 bits per heavy atom. The van der Waals surface area contributed by atoms with Crippen LogP contribution in [0.2, 0.25) is 5.02 Å². The summed E-state index contributed by atoms with van der Waals surface area (Å²) in [5.41, 5.74) is 0.748. The Morgan fingerprint density at radius 2 is 1.81 bits per heavy atom. The summed E-state index contributed by atoms with van der Waals surface area (Å²) in [6, 6.07) is 6.78. The molecule has 2 aliphatic rings. The minimum absolute atomic E-state index is 0.0578. The van der Waals surface area contributed by atoms with E-state index in [1.54, 1.807) is 12.1 Å². The normalized spacial score (nSPS) is 16.9. The number of piperidine rings is 1. The Hall–Kier alpha value is -2.36. The molecule has 0 saturated carbocycles. The summed E-state index contributed by atoms with van der Waals surface area (Å²) < 4.78 is 52.7. The van der Waals surface area contributed by atoms with Crippen molar-refractivity contribution >= 4 is 27.5 Å². The number of hydrogen-bond acceptors (Lipinski definition) is 5. The zero-order valence-corrected chi connectivity index (χ0v) is 19.0. The minimum atomic E-state index is -4.00. The summed E-state index contributed by atoms with van der Waals surface area (Å²) >= 11 is 6.28. The van der Waals surface area contributed by atoms with E-state index in [-0.39, 0.29) is 12.1 Å². The van der Waals surface area contributed by atoms with Gasteiger partial charge in [-0.05, 0) is 48.7 Å². The Morgan fingerprint density at radius 3 is 2.59 bits per heavy atom. The molecule has 7 nitrogen and oxygen atoms in total. The quantitative estimate of drug-likeness (QED) is 0.701. The Balaban J connectivity index is 1.50. The summed E-state index contributed by atoms with van der Waals surface area (Å²) in [7, 11) is -4.00. The fourth-order valence-corrected chi connectivity index (χ4v) is 5.65. The number of sulfonamides is 1. The van der Waals surface area contributed by atoms with Crippen LogP contribution in [0.5, 0.6) is 11.5 Å². The van der Waals surface area contributed by atoms with E-state index in [4.69, 9.17) is 21.1 Å². The number of benzene rings is 2. The van der Waals surface area contributed by atoms with Gasteiger partial charge in [0.2, 0.25) is 10.0 Å². The lowest BCUT2D eigenvalue weighted by atomic mass is 10.1. The molecule has 0 radical (unpaired) electrons. The number of ether oxygens (including phenoxy) is 2. The topological polar surface area (TPSA) is 84.9 Å². The van der Waals surface area contributed by atoms with Gasteiger partial charge >= 0.3 is 0 Å². The lowest BCUT2D eigenvalue weighted by Crippen LogP contribution is -2.36. The van der Waals surface area contributed by atoms with Gasteiger partial charge in [0, 0.05) is 31.6 Å². The second kappa shape index (κ2) is 9.64. The fourth-order valence-electron chi connectivity index (χ4n) is 3.76. The molecule has 0 aromatic heterocycles. The maximum absolute atomic E-state index is 14.4. The number of amides is 1. The van der Waals surface area contributed by atoms with Crippen LogP contribution in [-0.4, -0.2) is 44.9 Å². The number of hydrogen-bond donors (Lipinski definition) is 1. The van der Waals surface area contributed by atoms with Gasteiger partial charge in [-0.1, -0.05) is 18.0 Å². The van der Waals surface area contributed by atoms with Crippen LogP contribution in [0.25, 0.3) is 0 Å². The molecule has 2 heterocycles. The lowest BCUT2D eigenvalue weighted by Gasteiger charge is -2.26. The van der Waals surface area contributed by atoms with Gasteiger partial charge in [0.25, 0.3) is 5.91 Å². The third-order valence-corrected chi connectivity index (χ3v) is 7.64. The van der Waals surface area contributed by atoms with Crippen LogP contribution in [0.15, 0.2) is 35.2 Å². The average Bonchev–Trinajstić information content (AvgIpc) is 3.04. The van der Waals surface area contributed by atoms with Gasteiger partial charge in [-0.2, -0.15) is 4.31 Å². The number of nitrogens with one attached hydrogen (secondary N) is 1. The van der Waals surface area contributed by atoms with Crippen molar-refractivity contribution in [1.82, 2.24) is 9.62 Å². The molecule has 0 atom stereocenters. The van der Waals surface area contributed by atoms with Crippen molar-refractivity contribution in [3.05, 3.63) is 52.3 Å². The molecule has 0 spiro atoms. The van der Waals surface area contributed by atoms with E-state index in [9.17, 15) is 17.6 Å². The van der Waals surface area contributed by atoms with Crippen LogP contribution in [0, 0.1) is 5.82 Å². The molecule has 4 rings (SSSR count). The molecule has 2 aromatic rings. The van der Waals surface area contributed by atoms with Crippen molar-refractivity contribution in [2.45, 2.75) is 37.1 Å². The fraction of sp³-hybridized carbons (Fsp3) is 0.409. The number of carbonyl (C=O) groups is 1. The molecule has 0 aliphatic carbocycles. The van der Waals surface area contributed by atoms with Crippen LogP contribution >= 0.6 is 11.6 Å². The minimum Gasteiger partial charge on any atom is -0.489 e. The molecular weight excluding hydrogens is 459 g/mol. The average molecular weight is 483 g/mol. The summed E-state index contributed by atoms with van der Waals surface area (Å²) in [6.45, 7) is 1.84. The number of nitrogens with zero attached hydrogens (tertiary/aromatic N) is 1. The molecule has 32 heavy (non-hydrogen) atoms. The Labute approximate surface area is 191 Å². The molecule has 2 aliphatic heterocycles. The summed E-state index contributed by atoms with van der Waals surface area (Å²) in [5, 5.41) is 3.10. The molecule has 1 saturated heterocycles. The Bertz CT molecular complexity index is 1120. The van der Waals surface area contributed by atoms with Gasteiger partial charge in [-0.15, -0.1) is 0 Å². The van der Waals surface area contributed by atoms with Crippen LogP contribution in [-0.2, 0) is 16.6 Å². The first kappa shape index (κ1) is 22.8. The molecule has 10 heteroatoms. The third-order valence-electron chi connectivity index (χ3n) is 5.44. The number of halogens is 2. The van der Waals surface area contributed by atoms with Crippen molar-refractivity contribution in [2.24, 2.45) is 0 Å². The predicted octanol–water partition coefficient (Wildman–Crippen LogP) is 3.75. The van der Waals surface area contributed by atoms with Gasteiger partial charge < -0.3 is 14.8 Å². The molecular formula is C22H24ClFN2O5S. The van der Waals surface area contributed by atoms with E-state index in [1.807, 2.05) is 0 Å². The predicted molar refractivity (Wildman–Crippen MR) is 117 cm³/mol. The molecule has 0 unspecified atom stereocenters. The van der Waals surface area contributed by atoms with Crippen LogP contribution in [0.3, 0.4) is 0 Å². The third kappa shape index (κ3) is 4.84. The zero-order chi connectivity index (χ0) is 22.7. The maximum Gasteiger partial charge on any atom is 0.251 e. The van der Waals surface area contributed by atoms with Crippen molar-refractivity contribution in [1.29, 1.82) is 0 Å². The molecule has 1 N–H and O–H groups in total. The highest BCUT2D eigenvalue weighted by molar-refractivity contribution is 7.89. The second-order valence-corrected chi connectivity index (χ2v) is 10.1. The van der Waals surface area contributed by atoms with Crippen LogP contribution in [0.1, 0.15) is 41.6 Å². The largest absolute Gasteiger partial charge is 0.489 e. The number of fused-ring (bicyclic) bond motifs is 1. The van der Waals surface area contributed by atoms with E-state index < -0.39 is 26.6 Å². The first-order valence-corrected chi connectivity index (χ1v) is 12.3. The van der Waals surface area contributed by atoms with Gasteiger partial charge in [-0.3, -0.25) is 4.79 Å². The second-order valence-electron chi connectivity index (χ2n) is 7.75. The van der Waals surface area contributed by atoms with Crippen molar-refractivity contribution in [3.63, 3.8) is 0 Å². The van der Waals surface area contributed by atoms with E-state index in [0.29, 0.717) is 48.4 Å². The van der Waals surface area contributed by atoms with E-state index in [1.165, 1.54) is 10.4 Å². The van der Waals surface area contributed by atoms with E-state index in [0.717, 1.165) is 37.8 Å². The van der Waals surface area contributed by atoms with Gasteiger partial charge in [0.05, 0.1) is 18.2 Å². The lowest BCUT2D eigenvalue weighted by molar-refractivity contribution is 0.0950. The number of rotatable bonds is 5. The smallest absolute Gasteiger partial charge is 0.251 e. The molecule has 172 valence electrons.